The van der Waals surface area contributed by atoms with E-state index in [0.29, 0.717) is 6.61 Å². The Bertz CT molecular complexity index is 785. The molecule has 0 amide bonds. The van der Waals surface area contributed by atoms with E-state index in [0.717, 1.165) is 41.4 Å². The van der Waals surface area contributed by atoms with Crippen LogP contribution in [0.15, 0.2) is 33.2 Å². The molecule has 4 rings (SSSR count). The summed E-state index contributed by atoms with van der Waals surface area (Å²) in [7, 11) is 0. The summed E-state index contributed by atoms with van der Waals surface area (Å²) in [6.07, 6.45) is 4.62. The molecule has 0 radical (unpaired) electrons. The third kappa shape index (κ3) is 2.31. The number of hydrogen-bond donors (Lipinski definition) is 0. The normalized spacial score (nSPS) is 14.3. The van der Waals surface area contributed by atoms with E-state index in [9.17, 15) is 0 Å². The fraction of sp³-hybridized carbons (Fsp3) is 0.353. The van der Waals surface area contributed by atoms with E-state index in [2.05, 4.69) is 11.2 Å². The first-order valence-corrected chi connectivity index (χ1v) is 7.39. The molecule has 108 valence electrons. The lowest BCUT2D eigenvalue weighted by molar-refractivity contribution is 0.288. The highest BCUT2D eigenvalue weighted by atomic mass is 16.5. The van der Waals surface area contributed by atoms with Crippen LogP contribution in [0.2, 0.25) is 0 Å². The number of benzene rings is 1. The third-order valence-corrected chi connectivity index (χ3v) is 3.99. The van der Waals surface area contributed by atoms with Gasteiger partial charge in [-0.25, -0.2) is 0 Å². The second-order valence-electron chi connectivity index (χ2n) is 5.59. The molecule has 0 unspecified atom stereocenters. The van der Waals surface area contributed by atoms with Crippen LogP contribution in [-0.4, -0.2) is 5.16 Å². The van der Waals surface area contributed by atoms with Crippen LogP contribution in [0.3, 0.4) is 0 Å². The van der Waals surface area contributed by atoms with Crippen molar-refractivity contribution in [1.29, 1.82) is 0 Å². The SMILES string of the molecule is Cc1cc(COc2ccc3oc4c(c3c2)CCCC4)no1. The lowest BCUT2D eigenvalue weighted by Gasteiger charge is -2.09. The van der Waals surface area contributed by atoms with Crippen LogP contribution in [0.1, 0.15) is 35.6 Å². The average molecular weight is 283 g/mol. The number of nitrogens with zero attached hydrogens (tertiary/aromatic N) is 1. The van der Waals surface area contributed by atoms with E-state index in [1.54, 1.807) is 0 Å². The predicted molar refractivity (Wildman–Crippen MR) is 78.4 cm³/mol. The summed E-state index contributed by atoms with van der Waals surface area (Å²) >= 11 is 0. The largest absolute Gasteiger partial charge is 0.487 e. The minimum absolute atomic E-state index is 0.420. The van der Waals surface area contributed by atoms with E-state index in [1.165, 1.54) is 23.8 Å². The smallest absolute Gasteiger partial charge is 0.134 e. The maximum atomic E-state index is 5.93. The summed E-state index contributed by atoms with van der Waals surface area (Å²) in [6.45, 7) is 2.29. The Morgan fingerprint density at radius 2 is 2.10 bits per heavy atom. The first-order chi connectivity index (χ1) is 10.3. The van der Waals surface area contributed by atoms with Gasteiger partial charge in [0.1, 0.15) is 35.2 Å². The monoisotopic (exact) mass is 283 g/mol. The molecule has 1 aliphatic rings. The number of furan rings is 1. The van der Waals surface area contributed by atoms with Crippen molar-refractivity contribution in [3.05, 3.63) is 47.0 Å². The fourth-order valence-electron chi connectivity index (χ4n) is 2.97. The van der Waals surface area contributed by atoms with Crippen LogP contribution in [0.25, 0.3) is 11.0 Å². The van der Waals surface area contributed by atoms with Gasteiger partial charge in [-0.1, -0.05) is 5.16 Å². The topological polar surface area (TPSA) is 48.4 Å². The Kier molecular flexibility index (Phi) is 2.95. The third-order valence-electron chi connectivity index (χ3n) is 3.99. The van der Waals surface area contributed by atoms with Crippen LogP contribution in [-0.2, 0) is 19.4 Å². The van der Waals surface area contributed by atoms with Crippen molar-refractivity contribution in [2.24, 2.45) is 0 Å². The van der Waals surface area contributed by atoms with Crippen molar-refractivity contribution >= 4 is 11.0 Å². The van der Waals surface area contributed by atoms with Gasteiger partial charge in [0.05, 0.1) is 0 Å². The van der Waals surface area contributed by atoms with Crippen LogP contribution in [0.4, 0.5) is 0 Å². The van der Waals surface area contributed by atoms with Crippen LogP contribution >= 0.6 is 0 Å². The molecule has 0 spiro atoms. The van der Waals surface area contributed by atoms with Gasteiger partial charge < -0.3 is 13.7 Å². The first-order valence-electron chi connectivity index (χ1n) is 7.39. The minimum Gasteiger partial charge on any atom is -0.487 e. The Morgan fingerprint density at radius 3 is 2.95 bits per heavy atom. The zero-order valence-corrected chi connectivity index (χ0v) is 12.0. The van der Waals surface area contributed by atoms with E-state index >= 15 is 0 Å². The van der Waals surface area contributed by atoms with Gasteiger partial charge in [0.15, 0.2) is 0 Å². The zero-order chi connectivity index (χ0) is 14.2. The molecule has 1 aromatic carbocycles. The second kappa shape index (κ2) is 4.95. The van der Waals surface area contributed by atoms with E-state index in [4.69, 9.17) is 13.7 Å². The molecular formula is C17H17NO3. The van der Waals surface area contributed by atoms with Crippen molar-refractivity contribution in [3.63, 3.8) is 0 Å². The van der Waals surface area contributed by atoms with Crippen LogP contribution < -0.4 is 4.74 Å². The highest BCUT2D eigenvalue weighted by Gasteiger charge is 2.18. The molecule has 0 saturated heterocycles. The van der Waals surface area contributed by atoms with Gasteiger partial charge in [0.25, 0.3) is 0 Å². The van der Waals surface area contributed by atoms with Gasteiger partial charge in [-0.15, -0.1) is 0 Å². The number of aromatic nitrogens is 1. The molecule has 2 aromatic heterocycles. The summed E-state index contributed by atoms with van der Waals surface area (Å²) in [5.74, 6) is 2.80. The van der Waals surface area contributed by atoms with Crippen LogP contribution in [0, 0.1) is 6.92 Å². The van der Waals surface area contributed by atoms with Gasteiger partial charge in [0, 0.05) is 23.4 Å². The maximum absolute atomic E-state index is 5.93. The van der Waals surface area contributed by atoms with Crippen molar-refractivity contribution in [2.75, 3.05) is 0 Å². The van der Waals surface area contributed by atoms with E-state index < -0.39 is 0 Å². The van der Waals surface area contributed by atoms with Crippen molar-refractivity contribution in [1.82, 2.24) is 5.16 Å². The highest BCUT2D eigenvalue weighted by molar-refractivity contribution is 5.84. The molecule has 21 heavy (non-hydrogen) atoms. The molecule has 0 aliphatic heterocycles. The molecule has 4 nitrogen and oxygen atoms in total. The number of hydrogen-bond acceptors (Lipinski definition) is 4. The number of ether oxygens (including phenoxy) is 1. The summed E-state index contributed by atoms with van der Waals surface area (Å²) in [6, 6.07) is 7.91. The Hall–Kier alpha value is -2.23. The molecule has 3 aromatic rings. The number of rotatable bonds is 3. The Morgan fingerprint density at radius 1 is 1.19 bits per heavy atom. The second-order valence-corrected chi connectivity index (χ2v) is 5.59. The quantitative estimate of drug-likeness (QED) is 0.723. The molecule has 2 heterocycles. The molecule has 0 N–H and O–H groups in total. The molecular weight excluding hydrogens is 266 g/mol. The van der Waals surface area contributed by atoms with Gasteiger partial charge in [0.2, 0.25) is 0 Å². The maximum Gasteiger partial charge on any atom is 0.134 e. The molecule has 0 fully saturated rings. The molecule has 1 aliphatic carbocycles. The van der Waals surface area contributed by atoms with Crippen molar-refractivity contribution in [2.45, 2.75) is 39.2 Å². The summed E-state index contributed by atoms with van der Waals surface area (Å²) in [5, 5.41) is 5.13. The van der Waals surface area contributed by atoms with Gasteiger partial charge in [-0.05, 0) is 44.4 Å². The predicted octanol–water partition coefficient (Wildman–Crippen LogP) is 4.19. The number of aryl methyl sites for hydroxylation is 3. The summed E-state index contributed by atoms with van der Waals surface area (Å²) in [5.41, 5.74) is 3.13. The molecule has 4 heteroatoms. The van der Waals surface area contributed by atoms with Crippen molar-refractivity contribution in [3.8, 4) is 5.75 Å². The fourth-order valence-corrected chi connectivity index (χ4v) is 2.97. The minimum atomic E-state index is 0.420. The number of fused-ring (bicyclic) bond motifs is 3. The zero-order valence-electron chi connectivity index (χ0n) is 12.0. The van der Waals surface area contributed by atoms with Gasteiger partial charge in [-0.3, -0.25) is 0 Å². The van der Waals surface area contributed by atoms with E-state index in [1.807, 2.05) is 25.1 Å². The van der Waals surface area contributed by atoms with Crippen molar-refractivity contribution < 1.29 is 13.7 Å². The Balaban J connectivity index is 1.61. The summed E-state index contributed by atoms with van der Waals surface area (Å²) in [4.78, 5) is 0. The average Bonchev–Trinajstić information content (AvgIpc) is 3.08. The van der Waals surface area contributed by atoms with Gasteiger partial charge in [-0.2, -0.15) is 0 Å². The molecule has 0 atom stereocenters. The summed E-state index contributed by atoms with van der Waals surface area (Å²) < 4.78 is 16.8. The first kappa shape index (κ1) is 12.5. The lowest BCUT2D eigenvalue weighted by atomic mass is 9.96. The van der Waals surface area contributed by atoms with Crippen LogP contribution in [0.5, 0.6) is 5.75 Å². The lowest BCUT2D eigenvalue weighted by Crippen LogP contribution is -1.99. The van der Waals surface area contributed by atoms with E-state index in [-0.39, 0.29) is 0 Å². The molecule has 0 bridgehead atoms. The highest BCUT2D eigenvalue weighted by Crippen LogP contribution is 2.34. The molecule has 0 saturated carbocycles. The van der Waals surface area contributed by atoms with Gasteiger partial charge >= 0.3 is 0 Å². The Labute approximate surface area is 122 Å². The standard InChI is InChI=1S/C17H17NO3/c1-11-8-12(18-21-11)10-19-13-6-7-17-15(9-13)14-4-2-3-5-16(14)20-17/h6-9H,2-5,10H2,1H3.